The van der Waals surface area contributed by atoms with E-state index in [9.17, 15) is 0 Å². The van der Waals surface area contributed by atoms with E-state index in [1.807, 2.05) is 0 Å². The summed E-state index contributed by atoms with van der Waals surface area (Å²) in [5.41, 5.74) is 13.8. The van der Waals surface area contributed by atoms with Gasteiger partial charge in [-0.1, -0.05) is 0 Å². The third kappa shape index (κ3) is 4.58. The first-order valence-electron chi connectivity index (χ1n) is 15.7. The van der Waals surface area contributed by atoms with Crippen molar-refractivity contribution in [1.29, 1.82) is 0 Å². The Morgan fingerprint density at radius 2 is 0.660 bits per heavy atom. The zero-order valence-electron chi connectivity index (χ0n) is 25.3. The number of halogens is 2. The molecular formula is C42H28Br2N2Zr. The van der Waals surface area contributed by atoms with E-state index in [4.69, 9.17) is 0 Å². The fraction of sp³-hybridized carbons (Fsp3) is 0.0476. The van der Waals surface area contributed by atoms with Gasteiger partial charge in [-0.25, -0.2) is 0 Å². The third-order valence-corrected chi connectivity index (χ3v) is 14.4. The van der Waals surface area contributed by atoms with E-state index in [2.05, 4.69) is 167 Å². The Hall–Kier alpha value is -3.76. The zero-order valence-corrected chi connectivity index (χ0v) is 30.9. The second-order valence-electron chi connectivity index (χ2n) is 12.2. The van der Waals surface area contributed by atoms with E-state index < -0.39 is 23.2 Å². The molecule has 2 aliphatic carbocycles. The molecule has 2 aliphatic rings. The van der Waals surface area contributed by atoms with Gasteiger partial charge in [-0.2, -0.15) is 0 Å². The quantitative estimate of drug-likeness (QED) is 0.242. The number of benzene rings is 6. The normalized spacial score (nSPS) is 16.3. The smallest absolute Gasteiger partial charge is 1.00 e. The molecule has 2 aromatic heterocycles. The number of hydrogen-bond donors (Lipinski definition) is 0. The van der Waals surface area contributed by atoms with Gasteiger partial charge in [-0.3, -0.25) is 0 Å². The maximum Gasteiger partial charge on any atom is -1.00 e. The molecule has 0 bridgehead atoms. The Labute approximate surface area is 306 Å². The number of aromatic nitrogens is 2. The van der Waals surface area contributed by atoms with Crippen LogP contribution in [0.15, 0.2) is 146 Å². The average Bonchev–Trinajstić information content (AvgIpc) is 3.83. The summed E-state index contributed by atoms with van der Waals surface area (Å²) in [6.45, 7) is 0. The average molecular weight is 812 g/mol. The fourth-order valence-electron chi connectivity index (χ4n) is 7.92. The summed E-state index contributed by atoms with van der Waals surface area (Å²) >= 11 is -1.24. The van der Waals surface area contributed by atoms with Crippen LogP contribution < -0.4 is 34.0 Å². The summed E-state index contributed by atoms with van der Waals surface area (Å²) in [5, 5.41) is 5.30. The van der Waals surface area contributed by atoms with Gasteiger partial charge in [0, 0.05) is 0 Å². The molecule has 47 heavy (non-hydrogen) atoms. The maximum absolute atomic E-state index is 2.58. The summed E-state index contributed by atoms with van der Waals surface area (Å²) in [5.74, 6) is 0. The first-order chi connectivity index (χ1) is 22.3. The van der Waals surface area contributed by atoms with Crippen molar-refractivity contribution >= 4 is 67.2 Å². The van der Waals surface area contributed by atoms with Crippen molar-refractivity contribution in [3.05, 3.63) is 168 Å². The van der Waals surface area contributed by atoms with Gasteiger partial charge in [-0.05, 0) is 0 Å². The van der Waals surface area contributed by atoms with E-state index in [1.54, 1.807) is 0 Å². The van der Waals surface area contributed by atoms with Crippen LogP contribution in [0.3, 0.4) is 0 Å². The van der Waals surface area contributed by atoms with E-state index in [0.717, 1.165) is 0 Å². The van der Waals surface area contributed by atoms with E-state index >= 15 is 0 Å². The number of para-hydroxylation sites is 4. The van der Waals surface area contributed by atoms with Gasteiger partial charge in [0.05, 0.1) is 0 Å². The third-order valence-electron chi connectivity index (χ3n) is 9.82. The Kier molecular flexibility index (Phi) is 7.83. The molecule has 0 saturated carbocycles. The second kappa shape index (κ2) is 12.0. The van der Waals surface area contributed by atoms with E-state index in [0.29, 0.717) is 7.25 Å². The molecule has 0 N–H and O–H groups in total. The molecule has 2 atom stereocenters. The van der Waals surface area contributed by atoms with Crippen molar-refractivity contribution in [2.45, 2.75) is 7.25 Å². The molecule has 2 nitrogen and oxygen atoms in total. The standard InChI is InChI=1S/2C21H14N.2BrH.Zr/c2*1-2-8-16-14-17(13-15(16)7-1)22-20-11-5-3-9-18(20)19-10-4-6-12-21(19)22;;;/h2*1-14H;2*1H;/q;;;;+2/p-2. The zero-order chi connectivity index (χ0) is 29.5. The Morgan fingerprint density at radius 1 is 0.362 bits per heavy atom. The van der Waals surface area contributed by atoms with Crippen molar-refractivity contribution in [3.63, 3.8) is 0 Å². The van der Waals surface area contributed by atoms with Crippen LogP contribution in [0.25, 0.3) is 67.2 Å². The largest absolute Gasteiger partial charge is 1.00 e. The molecule has 8 aromatic rings. The predicted molar refractivity (Wildman–Crippen MR) is 186 cm³/mol. The fourth-order valence-corrected chi connectivity index (χ4v) is 12.8. The summed E-state index contributed by atoms with van der Waals surface area (Å²) in [7, 11) is 0. The Balaban J connectivity index is 0.00000162. The van der Waals surface area contributed by atoms with Gasteiger partial charge in [0.2, 0.25) is 0 Å². The van der Waals surface area contributed by atoms with Crippen molar-refractivity contribution in [1.82, 2.24) is 9.13 Å². The molecule has 5 heteroatoms. The molecule has 224 valence electrons. The first kappa shape index (κ1) is 30.6. The van der Waals surface area contributed by atoms with Gasteiger partial charge in [0.1, 0.15) is 0 Å². The number of rotatable bonds is 4. The van der Waals surface area contributed by atoms with Crippen LogP contribution in [-0.2, 0) is 23.2 Å². The van der Waals surface area contributed by atoms with E-state index in [1.165, 1.54) is 77.3 Å². The van der Waals surface area contributed by atoms with Crippen LogP contribution in [0.4, 0.5) is 0 Å². The van der Waals surface area contributed by atoms with Gasteiger partial charge >= 0.3 is 275 Å². The first-order valence-corrected chi connectivity index (χ1v) is 18.5. The number of nitrogens with zero attached hydrogens (tertiary/aromatic N) is 2. The molecule has 2 unspecified atom stereocenters. The molecule has 0 saturated heterocycles. The minimum absolute atomic E-state index is 0. The maximum atomic E-state index is 2.58. The van der Waals surface area contributed by atoms with Crippen LogP contribution in [0, 0.1) is 0 Å². The van der Waals surface area contributed by atoms with Crippen molar-refractivity contribution in [3.8, 4) is 0 Å². The monoisotopic (exact) mass is 808 g/mol. The topological polar surface area (TPSA) is 9.86 Å². The molecule has 0 radical (unpaired) electrons. The summed E-state index contributed by atoms with van der Waals surface area (Å²) in [4.78, 5) is 0. The minimum Gasteiger partial charge on any atom is -1.00 e. The molecule has 0 fully saturated rings. The van der Waals surface area contributed by atoms with Crippen LogP contribution in [-0.4, -0.2) is 9.13 Å². The van der Waals surface area contributed by atoms with Crippen LogP contribution in [0.5, 0.6) is 0 Å². The molecule has 0 spiro atoms. The number of fused-ring (bicyclic) bond motifs is 8. The molecule has 2 heterocycles. The van der Waals surface area contributed by atoms with Gasteiger partial charge in [0.25, 0.3) is 0 Å². The Bertz CT molecular complexity index is 2270. The number of allylic oxidation sites excluding steroid dienone is 2. The van der Waals surface area contributed by atoms with Crippen molar-refractivity contribution in [2.24, 2.45) is 0 Å². The van der Waals surface area contributed by atoms with Crippen LogP contribution in [0.2, 0.25) is 0 Å². The molecule has 10 rings (SSSR count). The summed E-state index contributed by atoms with van der Waals surface area (Å²) in [6.07, 6.45) is 4.98. The van der Waals surface area contributed by atoms with Crippen LogP contribution in [0.1, 0.15) is 29.5 Å². The van der Waals surface area contributed by atoms with Gasteiger partial charge < -0.3 is 34.0 Å². The summed E-state index contributed by atoms with van der Waals surface area (Å²) in [6, 6.07) is 54.0. The van der Waals surface area contributed by atoms with Crippen LogP contribution >= 0.6 is 0 Å². The SMILES string of the molecule is C1=C(n2c3ccccc3c3ccccc32)[CH]([Zr+2][CH]2C(n3c4ccccc4c4ccccc43)=Cc3ccccc32)c2ccccc21.[Br-].[Br-]. The van der Waals surface area contributed by atoms with Gasteiger partial charge in [-0.15, -0.1) is 0 Å². The summed E-state index contributed by atoms with van der Waals surface area (Å²) < 4.78 is 5.97. The Morgan fingerprint density at radius 3 is 1.02 bits per heavy atom. The van der Waals surface area contributed by atoms with Gasteiger partial charge in [0.15, 0.2) is 0 Å². The molecule has 0 aliphatic heterocycles. The molecule has 0 amide bonds. The van der Waals surface area contributed by atoms with E-state index in [-0.39, 0.29) is 34.0 Å². The predicted octanol–water partition coefficient (Wildman–Crippen LogP) is 4.80. The second-order valence-corrected chi connectivity index (χ2v) is 15.8. The molecule has 6 aromatic carbocycles. The number of hydrogen-bond acceptors (Lipinski definition) is 0. The molecular weight excluding hydrogens is 784 g/mol. The van der Waals surface area contributed by atoms with Crippen molar-refractivity contribution < 1.29 is 57.2 Å². The minimum atomic E-state index is -1.24. The van der Waals surface area contributed by atoms with Crippen molar-refractivity contribution in [2.75, 3.05) is 0 Å².